The predicted octanol–water partition coefficient (Wildman–Crippen LogP) is 2.18. The van der Waals surface area contributed by atoms with Crippen molar-refractivity contribution in [3.05, 3.63) is 52.4 Å². The molecule has 0 atom stereocenters. The summed E-state index contributed by atoms with van der Waals surface area (Å²) in [5, 5.41) is 4.07. The fraction of sp³-hybridized carbons (Fsp3) is 0.111. The Morgan fingerprint density at radius 3 is 2.64 bits per heavy atom. The van der Waals surface area contributed by atoms with Gasteiger partial charge in [0.2, 0.25) is 5.91 Å². The van der Waals surface area contributed by atoms with Crippen molar-refractivity contribution >= 4 is 44.9 Å². The number of esters is 1. The van der Waals surface area contributed by atoms with Crippen LogP contribution in [-0.4, -0.2) is 28.4 Å². The van der Waals surface area contributed by atoms with Crippen LogP contribution >= 0.6 is 0 Å². The Morgan fingerprint density at radius 2 is 1.92 bits per heavy atom. The van der Waals surface area contributed by atoms with Crippen molar-refractivity contribution in [2.45, 2.75) is 6.92 Å². The average Bonchev–Trinajstić information content (AvgIpc) is 2.94. The van der Waals surface area contributed by atoms with Gasteiger partial charge in [-0.25, -0.2) is 9.78 Å². The van der Waals surface area contributed by atoms with Crippen LogP contribution in [0.1, 0.15) is 17.4 Å². The van der Waals surface area contributed by atoms with E-state index < -0.39 is 5.97 Å². The summed E-state index contributed by atoms with van der Waals surface area (Å²) < 4.78 is 6.28. The van der Waals surface area contributed by atoms with Gasteiger partial charge in [0.25, 0.3) is 5.56 Å². The largest absolute Gasteiger partial charge is 0.464 e. The minimum absolute atomic E-state index is 0.108. The van der Waals surface area contributed by atoms with E-state index in [0.717, 1.165) is 10.8 Å². The number of methoxy groups -OCH3 is 1. The highest BCUT2D eigenvalue weighted by molar-refractivity contribution is 6.15. The number of carbonyl (C=O) groups excluding carboxylic acids is 2. The van der Waals surface area contributed by atoms with Crippen molar-refractivity contribution in [2.24, 2.45) is 0 Å². The number of carbonyl (C=O) groups is 2. The Bertz CT molecular complexity index is 1230. The van der Waals surface area contributed by atoms with Crippen LogP contribution in [-0.2, 0) is 9.53 Å². The standard InChI is InChI=1S/C18H13N3O4/c1-9(22)19-13-8-12-16-11(7-14(20-12)18(24)25-2)10-5-3-4-6-15(10)21(16)17(13)23/h3-8H,1-2H3,(H,19,22). The maximum atomic E-state index is 12.8. The smallest absolute Gasteiger partial charge is 0.356 e. The molecular weight excluding hydrogens is 322 g/mol. The number of anilines is 1. The number of nitrogens with one attached hydrogen (secondary N) is 1. The Labute approximate surface area is 141 Å². The molecule has 0 aliphatic heterocycles. The molecule has 0 fully saturated rings. The zero-order valence-corrected chi connectivity index (χ0v) is 13.5. The number of aromatic nitrogens is 2. The molecule has 0 unspecified atom stereocenters. The molecule has 0 aliphatic carbocycles. The summed E-state index contributed by atoms with van der Waals surface area (Å²) in [6, 6.07) is 10.5. The zero-order chi connectivity index (χ0) is 17.7. The van der Waals surface area contributed by atoms with Crippen molar-refractivity contribution in [1.82, 2.24) is 9.38 Å². The third-order valence-corrected chi connectivity index (χ3v) is 4.10. The SMILES string of the molecule is COC(=O)c1cc2c3ccccc3n3c(=O)c(NC(C)=O)cc(n1)c23. The number of fused-ring (bicyclic) bond motifs is 3. The van der Waals surface area contributed by atoms with Crippen molar-refractivity contribution in [3.63, 3.8) is 0 Å². The van der Waals surface area contributed by atoms with E-state index in [1.807, 2.05) is 24.3 Å². The molecule has 1 amide bonds. The lowest BCUT2D eigenvalue weighted by atomic mass is 10.1. The van der Waals surface area contributed by atoms with E-state index in [-0.39, 0.29) is 22.8 Å². The molecule has 25 heavy (non-hydrogen) atoms. The van der Waals surface area contributed by atoms with Gasteiger partial charge in [0.15, 0.2) is 0 Å². The van der Waals surface area contributed by atoms with Gasteiger partial charge in [-0.3, -0.25) is 14.0 Å². The fourth-order valence-electron chi connectivity index (χ4n) is 3.13. The van der Waals surface area contributed by atoms with Gasteiger partial charge >= 0.3 is 5.97 Å². The van der Waals surface area contributed by atoms with Crippen LogP contribution in [0, 0.1) is 0 Å². The average molecular weight is 335 g/mol. The quantitative estimate of drug-likeness (QED) is 0.567. The molecule has 0 aliphatic rings. The van der Waals surface area contributed by atoms with Crippen LogP contribution in [0.2, 0.25) is 0 Å². The van der Waals surface area contributed by atoms with Crippen LogP contribution in [0.3, 0.4) is 0 Å². The second kappa shape index (κ2) is 5.27. The number of hydrogen-bond donors (Lipinski definition) is 1. The van der Waals surface area contributed by atoms with Crippen LogP contribution in [0.25, 0.3) is 27.3 Å². The van der Waals surface area contributed by atoms with E-state index in [2.05, 4.69) is 10.3 Å². The molecule has 1 N–H and O–H groups in total. The summed E-state index contributed by atoms with van der Waals surface area (Å²) in [5.41, 5.74) is 1.62. The number of rotatable bonds is 2. The van der Waals surface area contributed by atoms with Gasteiger partial charge < -0.3 is 10.1 Å². The molecule has 4 rings (SSSR count). The van der Waals surface area contributed by atoms with Gasteiger partial charge in [-0.15, -0.1) is 0 Å². The monoisotopic (exact) mass is 335 g/mol. The summed E-state index contributed by atoms with van der Waals surface area (Å²) in [6.45, 7) is 1.32. The second-order valence-corrected chi connectivity index (χ2v) is 5.68. The molecule has 3 aromatic heterocycles. The lowest BCUT2D eigenvalue weighted by molar-refractivity contribution is -0.114. The lowest BCUT2D eigenvalue weighted by Crippen LogP contribution is -2.21. The number of pyridine rings is 2. The minimum atomic E-state index is -0.568. The van der Waals surface area contributed by atoms with Gasteiger partial charge in [0.1, 0.15) is 11.4 Å². The van der Waals surface area contributed by atoms with Gasteiger partial charge in [-0.2, -0.15) is 0 Å². The van der Waals surface area contributed by atoms with Crippen molar-refractivity contribution < 1.29 is 14.3 Å². The molecule has 124 valence electrons. The van der Waals surface area contributed by atoms with Gasteiger partial charge in [-0.1, -0.05) is 18.2 Å². The minimum Gasteiger partial charge on any atom is -0.464 e. The first-order chi connectivity index (χ1) is 12.0. The van der Waals surface area contributed by atoms with Crippen LogP contribution in [0.5, 0.6) is 0 Å². The van der Waals surface area contributed by atoms with Crippen molar-refractivity contribution in [3.8, 4) is 0 Å². The van der Waals surface area contributed by atoms with Gasteiger partial charge in [0, 0.05) is 17.7 Å². The van der Waals surface area contributed by atoms with E-state index in [1.54, 1.807) is 6.07 Å². The Balaban J connectivity index is 2.24. The van der Waals surface area contributed by atoms with Gasteiger partial charge in [-0.05, 0) is 18.2 Å². The van der Waals surface area contributed by atoms with Crippen molar-refractivity contribution in [1.29, 1.82) is 0 Å². The van der Waals surface area contributed by atoms with Gasteiger partial charge in [0.05, 0.1) is 23.7 Å². The van der Waals surface area contributed by atoms with Crippen LogP contribution in [0.4, 0.5) is 5.69 Å². The third-order valence-electron chi connectivity index (χ3n) is 4.10. The summed E-state index contributed by atoms with van der Waals surface area (Å²) in [6.07, 6.45) is 0. The zero-order valence-electron chi connectivity index (χ0n) is 13.5. The number of ether oxygens (including phenoxy) is 1. The number of nitrogens with zero attached hydrogens (tertiary/aromatic N) is 2. The molecule has 0 bridgehead atoms. The van der Waals surface area contributed by atoms with Crippen molar-refractivity contribution in [2.75, 3.05) is 12.4 Å². The number of amides is 1. The van der Waals surface area contributed by atoms with E-state index in [4.69, 9.17) is 4.74 Å². The van der Waals surface area contributed by atoms with E-state index in [9.17, 15) is 14.4 Å². The second-order valence-electron chi connectivity index (χ2n) is 5.68. The molecule has 0 spiro atoms. The summed E-state index contributed by atoms with van der Waals surface area (Å²) in [5.74, 6) is -0.929. The maximum Gasteiger partial charge on any atom is 0.356 e. The first-order valence-electron chi connectivity index (χ1n) is 7.57. The highest BCUT2D eigenvalue weighted by atomic mass is 16.5. The third kappa shape index (κ3) is 2.13. The molecule has 0 radical (unpaired) electrons. The summed E-state index contributed by atoms with van der Waals surface area (Å²) in [7, 11) is 1.28. The Hall–Kier alpha value is -3.48. The summed E-state index contributed by atoms with van der Waals surface area (Å²) in [4.78, 5) is 40.6. The molecule has 4 aromatic rings. The van der Waals surface area contributed by atoms with Crippen LogP contribution in [0.15, 0.2) is 41.2 Å². The van der Waals surface area contributed by atoms with E-state index >= 15 is 0 Å². The number of para-hydroxylation sites is 1. The molecule has 7 heteroatoms. The molecule has 7 nitrogen and oxygen atoms in total. The van der Waals surface area contributed by atoms with Crippen LogP contribution < -0.4 is 10.9 Å². The fourth-order valence-corrected chi connectivity index (χ4v) is 3.13. The number of benzene rings is 1. The van der Waals surface area contributed by atoms with E-state index in [0.29, 0.717) is 16.6 Å². The lowest BCUT2D eigenvalue weighted by Gasteiger charge is -2.07. The maximum absolute atomic E-state index is 12.8. The Morgan fingerprint density at radius 1 is 1.16 bits per heavy atom. The molecule has 0 saturated heterocycles. The number of hydrogen-bond acceptors (Lipinski definition) is 5. The Kier molecular flexibility index (Phi) is 3.18. The predicted molar refractivity (Wildman–Crippen MR) is 93.3 cm³/mol. The molecular formula is C18H13N3O4. The molecule has 3 heterocycles. The molecule has 1 aromatic carbocycles. The normalized spacial score (nSPS) is 11.3. The topological polar surface area (TPSA) is 89.8 Å². The first kappa shape index (κ1) is 15.1. The highest BCUT2D eigenvalue weighted by Crippen LogP contribution is 2.31. The van der Waals surface area contributed by atoms with E-state index in [1.165, 1.54) is 24.5 Å². The molecule has 0 saturated carbocycles. The highest BCUT2D eigenvalue weighted by Gasteiger charge is 2.20. The summed E-state index contributed by atoms with van der Waals surface area (Å²) >= 11 is 0. The first-order valence-corrected chi connectivity index (χ1v) is 7.57.